The SMILES string of the molecule is [2H]c1c([2H])c(C(C)(C)C)c([2H])c([2H])c1-c1cc(Oc2ccc3c4ccccc4n(-c4cc(C(C)(C)C)ccn4)c3c2)cc([N+]2=C=[N+](c3c(-c4ccc(F)cc4)cc(C(C)(C)C)cc3-c3ccc(F)cc3)c3ccccc32)c1. The molecule has 0 spiro atoms. The molecular formula is C66H58F2N4O+2. The van der Waals surface area contributed by atoms with Crippen LogP contribution in [-0.4, -0.2) is 15.6 Å². The molecule has 1 aliphatic heterocycles. The van der Waals surface area contributed by atoms with Crippen LogP contribution in [0.5, 0.6) is 11.5 Å². The van der Waals surface area contributed by atoms with Gasteiger partial charge in [0.25, 0.3) is 11.4 Å². The van der Waals surface area contributed by atoms with Gasteiger partial charge in [-0.3, -0.25) is 4.57 Å². The highest BCUT2D eigenvalue weighted by Gasteiger charge is 2.40. The van der Waals surface area contributed by atoms with Gasteiger partial charge < -0.3 is 4.74 Å². The lowest BCUT2D eigenvalue weighted by molar-refractivity contribution is 0.483. The molecule has 0 saturated heterocycles. The lowest BCUT2D eigenvalue weighted by Crippen LogP contribution is -2.13. The predicted molar refractivity (Wildman–Crippen MR) is 298 cm³/mol. The summed E-state index contributed by atoms with van der Waals surface area (Å²) >= 11 is 0. The van der Waals surface area contributed by atoms with E-state index in [1.165, 1.54) is 24.3 Å². The Morgan fingerprint density at radius 1 is 0.493 bits per heavy atom. The van der Waals surface area contributed by atoms with Crippen LogP contribution in [0, 0.1) is 11.6 Å². The maximum absolute atomic E-state index is 14.7. The lowest BCUT2D eigenvalue weighted by Gasteiger charge is -2.22. The third-order valence-corrected chi connectivity index (χ3v) is 13.6. The zero-order chi connectivity index (χ0) is 54.5. The molecule has 11 rings (SSSR count). The summed E-state index contributed by atoms with van der Waals surface area (Å²) in [5.41, 5.74) is 9.70. The van der Waals surface area contributed by atoms with Gasteiger partial charge in [-0.2, -0.15) is 0 Å². The molecule has 0 fully saturated rings. The van der Waals surface area contributed by atoms with Crippen molar-refractivity contribution in [2.24, 2.45) is 0 Å². The fourth-order valence-corrected chi connectivity index (χ4v) is 9.58. The molecule has 360 valence electrons. The molecule has 10 aromatic rings. The van der Waals surface area contributed by atoms with E-state index >= 15 is 0 Å². The average molecular weight is 965 g/mol. The molecule has 0 amide bonds. The Hall–Kier alpha value is -8.25. The molecule has 1 aliphatic rings. The largest absolute Gasteiger partial charge is 0.503 e. The Morgan fingerprint density at radius 2 is 1.07 bits per heavy atom. The molecule has 0 atom stereocenters. The Bertz CT molecular complexity index is 4020. The summed E-state index contributed by atoms with van der Waals surface area (Å²) in [6.07, 6.45) is 1.85. The van der Waals surface area contributed by atoms with Crippen molar-refractivity contribution in [3.05, 3.63) is 216 Å². The number of nitrogens with zero attached hydrogens (tertiary/aromatic N) is 4. The Morgan fingerprint density at radius 3 is 1.68 bits per heavy atom. The first-order valence-corrected chi connectivity index (χ1v) is 24.7. The number of benzene rings is 8. The van der Waals surface area contributed by atoms with E-state index in [1.807, 2.05) is 103 Å². The van der Waals surface area contributed by atoms with Crippen molar-refractivity contribution in [3.63, 3.8) is 0 Å². The third-order valence-electron chi connectivity index (χ3n) is 13.6. The predicted octanol–water partition coefficient (Wildman–Crippen LogP) is 18.0. The van der Waals surface area contributed by atoms with Crippen LogP contribution in [0.4, 0.5) is 31.5 Å². The summed E-state index contributed by atoms with van der Waals surface area (Å²) in [6.45, 7) is 18.6. The summed E-state index contributed by atoms with van der Waals surface area (Å²) in [5, 5.41) is 2.08. The minimum absolute atomic E-state index is 0.111. The number of rotatable bonds is 8. The first kappa shape index (κ1) is 42.4. The topological polar surface area (TPSA) is 33.1 Å². The van der Waals surface area contributed by atoms with Crippen LogP contribution in [0.25, 0.3) is 61.0 Å². The van der Waals surface area contributed by atoms with Gasteiger partial charge in [-0.05, 0) is 137 Å². The number of fused-ring (bicyclic) bond motifs is 4. The van der Waals surface area contributed by atoms with Gasteiger partial charge in [0.2, 0.25) is 11.4 Å². The highest BCUT2D eigenvalue weighted by Crippen LogP contribution is 2.48. The maximum Gasteiger partial charge on any atom is 0.503 e. The molecule has 0 bridgehead atoms. The standard InChI is InChI=1S/C66H58F2N4O/c1-64(2,3)46-24-18-42(19-25-46)45-34-51(39-53(35-45)73-52-30-31-55-54-14-10-11-15-58(54)72(61(55)40-52)62-38-47(32-33-69-62)65(4,5)6)70-41-71(60-17-13-12-16-59(60)70)63-56(43-20-26-49(67)27-21-43)36-48(66(7,8)9)37-57(63)44-22-28-50(68)29-23-44/h10-40H,1-9H3/q+2/i18D,19D,24D,25D. The van der Waals surface area contributed by atoms with Crippen molar-refractivity contribution in [2.45, 2.75) is 78.6 Å². The van der Waals surface area contributed by atoms with Crippen LogP contribution in [-0.2, 0) is 16.2 Å². The summed E-state index contributed by atoms with van der Waals surface area (Å²) in [5.74, 6) is 0.927. The van der Waals surface area contributed by atoms with E-state index in [2.05, 4.69) is 88.5 Å². The fraction of sp³-hybridized carbons (Fsp3) is 0.182. The molecule has 3 heterocycles. The Kier molecular flexibility index (Phi) is 10.3. The summed E-state index contributed by atoms with van der Waals surface area (Å²) < 4.78 is 80.0. The van der Waals surface area contributed by atoms with Gasteiger partial charge in [-0.15, -0.1) is 0 Å². The Balaban J connectivity index is 1.18. The molecule has 0 radical (unpaired) electrons. The highest BCUT2D eigenvalue weighted by molar-refractivity contribution is 6.09. The minimum Gasteiger partial charge on any atom is -0.457 e. The van der Waals surface area contributed by atoms with Crippen LogP contribution in [0.1, 0.15) is 84.5 Å². The molecule has 0 N–H and O–H groups in total. The molecule has 8 aromatic carbocycles. The number of pyridine rings is 1. The number of aromatic nitrogens is 2. The van der Waals surface area contributed by atoms with Crippen LogP contribution in [0.3, 0.4) is 0 Å². The number of ether oxygens (including phenoxy) is 1. The van der Waals surface area contributed by atoms with Gasteiger partial charge in [-0.25, -0.2) is 13.8 Å². The highest BCUT2D eigenvalue weighted by atomic mass is 19.1. The minimum atomic E-state index is -0.670. The van der Waals surface area contributed by atoms with E-state index in [9.17, 15) is 14.3 Å². The van der Waals surface area contributed by atoms with Crippen LogP contribution in [0.15, 0.2) is 188 Å². The average Bonchev–Trinajstić information content (AvgIpc) is 3.97. The smallest absolute Gasteiger partial charge is 0.457 e. The third kappa shape index (κ3) is 8.96. The van der Waals surface area contributed by atoms with Gasteiger partial charge in [-0.1, -0.05) is 141 Å². The molecule has 73 heavy (non-hydrogen) atoms. The van der Waals surface area contributed by atoms with E-state index in [0.717, 1.165) is 78.1 Å². The van der Waals surface area contributed by atoms with Crippen molar-refractivity contribution in [3.8, 4) is 50.7 Å². The second-order valence-electron chi connectivity index (χ2n) is 21.9. The Labute approximate surface area is 432 Å². The van der Waals surface area contributed by atoms with Crippen molar-refractivity contribution in [2.75, 3.05) is 0 Å². The molecule has 7 heteroatoms. The van der Waals surface area contributed by atoms with Crippen molar-refractivity contribution < 1.29 is 19.0 Å². The zero-order valence-corrected chi connectivity index (χ0v) is 42.5. The van der Waals surface area contributed by atoms with E-state index in [-0.39, 0.29) is 52.2 Å². The van der Waals surface area contributed by atoms with Gasteiger partial charge in [0.1, 0.15) is 29.0 Å². The molecule has 0 saturated carbocycles. The van der Waals surface area contributed by atoms with Gasteiger partial charge in [0, 0.05) is 41.2 Å². The first-order chi connectivity index (χ1) is 36.5. The van der Waals surface area contributed by atoms with Gasteiger partial charge >= 0.3 is 6.01 Å². The first-order valence-electron chi connectivity index (χ1n) is 26.7. The molecule has 5 nitrogen and oxygen atoms in total. The summed E-state index contributed by atoms with van der Waals surface area (Å²) in [7, 11) is 0. The number of halogens is 2. The van der Waals surface area contributed by atoms with Crippen molar-refractivity contribution in [1.82, 2.24) is 18.7 Å². The quantitative estimate of drug-likeness (QED) is 0.142. The van der Waals surface area contributed by atoms with Crippen LogP contribution >= 0.6 is 0 Å². The number of hydrogen-bond donors (Lipinski definition) is 0. The molecular weight excluding hydrogens is 903 g/mol. The van der Waals surface area contributed by atoms with Crippen molar-refractivity contribution >= 4 is 50.6 Å². The molecule has 0 aliphatic carbocycles. The van der Waals surface area contributed by atoms with Gasteiger partial charge in [0.15, 0.2) is 0 Å². The maximum atomic E-state index is 14.7. The van der Waals surface area contributed by atoms with Crippen LogP contribution in [0.2, 0.25) is 0 Å². The fourth-order valence-electron chi connectivity index (χ4n) is 9.58. The second kappa shape index (κ2) is 17.8. The molecule has 2 aromatic heterocycles. The zero-order valence-electron chi connectivity index (χ0n) is 46.5. The molecule has 0 unspecified atom stereocenters. The monoisotopic (exact) mass is 964 g/mol. The van der Waals surface area contributed by atoms with Gasteiger partial charge in [0.05, 0.1) is 33.7 Å². The normalized spacial score (nSPS) is 13.6. The summed E-state index contributed by atoms with van der Waals surface area (Å²) in [4.78, 5) is 4.88. The second-order valence-corrected chi connectivity index (χ2v) is 21.9. The summed E-state index contributed by atoms with van der Waals surface area (Å²) in [6, 6.07) is 52.0. The number of hydrogen-bond acceptors (Lipinski definition) is 2. The van der Waals surface area contributed by atoms with E-state index in [0.29, 0.717) is 28.3 Å². The van der Waals surface area contributed by atoms with Crippen molar-refractivity contribution in [1.29, 1.82) is 0 Å². The van der Waals surface area contributed by atoms with E-state index in [1.54, 1.807) is 30.3 Å². The lowest BCUT2D eigenvalue weighted by atomic mass is 9.82. The van der Waals surface area contributed by atoms with E-state index in [4.69, 9.17) is 9.72 Å². The van der Waals surface area contributed by atoms with E-state index < -0.39 is 5.41 Å². The van der Waals surface area contributed by atoms with Crippen LogP contribution < -0.4 is 13.9 Å². The number of para-hydroxylation sites is 3.